The minimum Gasteiger partial charge on any atom is -0.393 e. The molecule has 2 unspecified atom stereocenters. The van der Waals surface area contributed by atoms with E-state index >= 15 is 0 Å². The highest BCUT2D eigenvalue weighted by atomic mass is 32.1. The third kappa shape index (κ3) is 7.36. The average Bonchev–Trinajstić information content (AvgIpc) is 3.07. The molecule has 1 aromatic heterocycles. The van der Waals surface area contributed by atoms with Crippen LogP contribution in [-0.2, 0) is 4.74 Å². The molecule has 1 N–H and O–H groups in total. The highest BCUT2D eigenvalue weighted by molar-refractivity contribution is 7.16. The van der Waals surface area contributed by atoms with E-state index in [0.717, 1.165) is 29.9 Å². The smallest absolute Gasteiger partial charge is 0.158 e. The van der Waals surface area contributed by atoms with Crippen molar-refractivity contribution < 1.29 is 9.84 Å². The van der Waals surface area contributed by atoms with Crippen LogP contribution in [0.15, 0.2) is 28.4 Å². The van der Waals surface area contributed by atoms with Crippen molar-refractivity contribution in [3.63, 3.8) is 0 Å². The van der Waals surface area contributed by atoms with Gasteiger partial charge in [-0.1, -0.05) is 0 Å². The monoisotopic (exact) mass is 467 g/mol. The molecule has 176 valence electrons. The van der Waals surface area contributed by atoms with E-state index in [-0.39, 0.29) is 12.2 Å². The lowest BCUT2D eigenvalue weighted by Crippen LogP contribution is -2.33. The first kappa shape index (κ1) is 26.5. The molecule has 0 spiro atoms. The third-order valence-corrected chi connectivity index (χ3v) is 6.52. The summed E-state index contributed by atoms with van der Waals surface area (Å²) in [5, 5.41) is 37.1. The summed E-state index contributed by atoms with van der Waals surface area (Å²) in [5.41, 5.74) is 3.88. The zero-order valence-corrected chi connectivity index (χ0v) is 21.1. The van der Waals surface area contributed by atoms with Crippen molar-refractivity contribution >= 4 is 27.7 Å². The fourth-order valence-corrected chi connectivity index (χ4v) is 4.24. The van der Waals surface area contributed by atoms with Crippen LogP contribution in [0.4, 0.5) is 16.4 Å². The highest BCUT2D eigenvalue weighted by Gasteiger charge is 2.16. The van der Waals surface area contributed by atoms with Crippen LogP contribution in [0.5, 0.6) is 0 Å². The summed E-state index contributed by atoms with van der Waals surface area (Å²) in [6, 6.07) is 10.6. The first-order valence-corrected chi connectivity index (χ1v) is 12.0. The Balaban J connectivity index is 2.12. The minimum atomic E-state index is -0.341. The second kappa shape index (κ2) is 12.5. The normalized spacial score (nSPS) is 13.2. The van der Waals surface area contributed by atoms with Gasteiger partial charge in [-0.2, -0.15) is 10.5 Å². The van der Waals surface area contributed by atoms with Crippen molar-refractivity contribution in [3.8, 4) is 12.1 Å². The van der Waals surface area contributed by atoms with Gasteiger partial charge in [-0.15, -0.1) is 21.6 Å². The maximum atomic E-state index is 9.39. The molecular formula is C25H33N5O2S. The van der Waals surface area contributed by atoms with Crippen molar-refractivity contribution in [1.82, 2.24) is 0 Å². The van der Waals surface area contributed by atoms with Crippen LogP contribution in [0.2, 0.25) is 0 Å². The van der Waals surface area contributed by atoms with E-state index in [1.54, 1.807) is 13.8 Å². The number of anilines is 1. The molecule has 7 nitrogen and oxygen atoms in total. The predicted molar refractivity (Wildman–Crippen MR) is 133 cm³/mol. The maximum absolute atomic E-state index is 9.39. The fourth-order valence-electron chi connectivity index (χ4n) is 3.37. The van der Waals surface area contributed by atoms with Crippen LogP contribution >= 0.6 is 11.3 Å². The molecule has 0 saturated carbocycles. The first-order valence-electron chi connectivity index (χ1n) is 11.2. The molecule has 0 bridgehead atoms. The van der Waals surface area contributed by atoms with Gasteiger partial charge in [-0.3, -0.25) is 0 Å². The molecule has 0 fully saturated rings. The maximum Gasteiger partial charge on any atom is 0.158 e. The van der Waals surface area contributed by atoms with Crippen molar-refractivity contribution in [3.05, 3.63) is 39.8 Å². The third-order valence-electron chi connectivity index (χ3n) is 5.44. The standard InChI is InChI=1S/C25H33N5O2S/c1-16(2)30(11-9-19(5)32-12-10-18(4)31)21-7-8-23(17(3)13-21)28-29-25-22(14-26)20(6)24(15-27)33-25/h7-8,13,16,18-19,31H,9-12H2,1-6H3/b29-28+. The number of benzene rings is 1. The molecule has 33 heavy (non-hydrogen) atoms. The van der Waals surface area contributed by atoms with Crippen LogP contribution in [-0.4, -0.2) is 36.5 Å². The summed E-state index contributed by atoms with van der Waals surface area (Å²) in [6.45, 7) is 13.3. The van der Waals surface area contributed by atoms with E-state index in [9.17, 15) is 15.6 Å². The van der Waals surface area contributed by atoms with Gasteiger partial charge in [0.1, 0.15) is 17.0 Å². The van der Waals surface area contributed by atoms with Crippen LogP contribution in [0.25, 0.3) is 0 Å². The molecule has 1 heterocycles. The number of azo groups is 1. The van der Waals surface area contributed by atoms with Crippen molar-refractivity contribution in [2.24, 2.45) is 10.2 Å². The number of aliphatic hydroxyl groups is 1. The molecule has 2 aromatic rings. The Kier molecular flexibility index (Phi) is 9.99. The van der Waals surface area contributed by atoms with Crippen molar-refractivity contribution in [2.75, 3.05) is 18.1 Å². The van der Waals surface area contributed by atoms with E-state index < -0.39 is 0 Å². The molecule has 0 aliphatic carbocycles. The van der Waals surface area contributed by atoms with Gasteiger partial charge in [0, 0.05) is 24.9 Å². The van der Waals surface area contributed by atoms with Crippen LogP contribution in [0.1, 0.15) is 62.1 Å². The molecule has 0 aliphatic heterocycles. The second-order valence-corrected chi connectivity index (χ2v) is 9.52. The van der Waals surface area contributed by atoms with Gasteiger partial charge in [0.15, 0.2) is 5.00 Å². The quantitative estimate of drug-likeness (QED) is 0.390. The number of rotatable bonds is 11. The number of ether oxygens (including phenoxy) is 1. The number of hydrogen-bond donors (Lipinski definition) is 1. The molecule has 2 rings (SSSR count). The predicted octanol–water partition coefficient (Wildman–Crippen LogP) is 6.30. The highest BCUT2D eigenvalue weighted by Crippen LogP contribution is 2.36. The zero-order valence-electron chi connectivity index (χ0n) is 20.3. The summed E-state index contributed by atoms with van der Waals surface area (Å²) >= 11 is 1.19. The second-order valence-electron chi connectivity index (χ2n) is 8.53. The molecular weight excluding hydrogens is 434 g/mol. The number of aliphatic hydroxyl groups excluding tert-OH is 1. The van der Waals surface area contributed by atoms with Gasteiger partial charge in [-0.25, -0.2) is 0 Å². The molecule has 0 amide bonds. The number of nitriles is 2. The Morgan fingerprint density at radius 2 is 1.82 bits per heavy atom. The summed E-state index contributed by atoms with van der Waals surface area (Å²) in [5.74, 6) is 0. The Labute approximate surface area is 201 Å². The van der Waals surface area contributed by atoms with Gasteiger partial charge in [0.05, 0.1) is 23.5 Å². The van der Waals surface area contributed by atoms with Crippen molar-refractivity contribution in [1.29, 1.82) is 10.5 Å². The first-order chi connectivity index (χ1) is 15.7. The topological polar surface area (TPSA) is 105 Å². The number of aryl methyl sites for hydroxylation is 1. The number of hydrogen-bond acceptors (Lipinski definition) is 8. The Morgan fingerprint density at radius 3 is 2.39 bits per heavy atom. The molecule has 8 heteroatoms. The zero-order chi connectivity index (χ0) is 24.5. The lowest BCUT2D eigenvalue weighted by Gasteiger charge is -2.30. The number of nitrogens with zero attached hydrogens (tertiary/aromatic N) is 5. The lowest BCUT2D eigenvalue weighted by molar-refractivity contribution is 0.0382. The summed E-state index contributed by atoms with van der Waals surface area (Å²) < 4.78 is 5.82. The van der Waals surface area contributed by atoms with Gasteiger partial charge < -0.3 is 14.7 Å². The van der Waals surface area contributed by atoms with E-state index in [1.165, 1.54) is 11.3 Å². The van der Waals surface area contributed by atoms with Crippen LogP contribution in [0, 0.1) is 36.5 Å². The largest absolute Gasteiger partial charge is 0.393 e. The van der Waals surface area contributed by atoms with Gasteiger partial charge in [-0.05, 0) is 83.7 Å². The SMILES string of the molecule is Cc1cc(N(CCC(C)OCCC(C)O)C(C)C)ccc1/N=N/c1sc(C#N)c(C)c1C#N. The van der Waals surface area contributed by atoms with E-state index in [1.807, 2.05) is 19.1 Å². The molecule has 0 saturated heterocycles. The molecule has 0 radical (unpaired) electrons. The molecule has 1 aromatic carbocycles. The number of thiophene rings is 1. The van der Waals surface area contributed by atoms with E-state index in [0.29, 0.717) is 40.1 Å². The summed E-state index contributed by atoms with van der Waals surface area (Å²) in [6.07, 6.45) is 1.30. The Bertz CT molecular complexity index is 1050. The fraction of sp³-hybridized carbons (Fsp3) is 0.520. The van der Waals surface area contributed by atoms with Crippen molar-refractivity contribution in [2.45, 2.75) is 72.6 Å². The molecule has 2 atom stereocenters. The van der Waals surface area contributed by atoms with E-state index in [4.69, 9.17) is 4.74 Å². The Morgan fingerprint density at radius 1 is 1.09 bits per heavy atom. The summed E-state index contributed by atoms with van der Waals surface area (Å²) in [7, 11) is 0. The Hall–Kier alpha value is -2.78. The van der Waals surface area contributed by atoms with Gasteiger partial charge >= 0.3 is 0 Å². The average molecular weight is 468 g/mol. The van der Waals surface area contributed by atoms with Gasteiger partial charge in [0.2, 0.25) is 0 Å². The van der Waals surface area contributed by atoms with Crippen LogP contribution in [0.3, 0.4) is 0 Å². The summed E-state index contributed by atoms with van der Waals surface area (Å²) in [4.78, 5) is 2.82. The molecule has 0 aliphatic rings. The van der Waals surface area contributed by atoms with E-state index in [2.05, 4.69) is 54.1 Å². The van der Waals surface area contributed by atoms with Gasteiger partial charge in [0.25, 0.3) is 0 Å². The van der Waals surface area contributed by atoms with Crippen LogP contribution < -0.4 is 4.90 Å². The minimum absolute atomic E-state index is 0.112. The lowest BCUT2D eigenvalue weighted by atomic mass is 10.1.